The van der Waals surface area contributed by atoms with Crippen LogP contribution >= 0.6 is 23.6 Å². The fraction of sp³-hybridized carbons (Fsp3) is 0.357. The van der Waals surface area contributed by atoms with Gasteiger partial charge in [0.25, 0.3) is 0 Å². The first-order valence-electron chi connectivity index (χ1n) is 6.48. The molecule has 3 N–H and O–H groups in total. The number of benzene rings is 1. The highest BCUT2D eigenvalue weighted by Gasteiger charge is 2.21. The molecule has 106 valence electrons. The summed E-state index contributed by atoms with van der Waals surface area (Å²) in [6.07, 6.45) is 1.51. The van der Waals surface area contributed by atoms with Gasteiger partial charge in [0, 0.05) is 0 Å². The van der Waals surface area contributed by atoms with E-state index >= 15 is 0 Å². The number of fused-ring (bicyclic) bond motifs is 1. The van der Waals surface area contributed by atoms with Crippen LogP contribution in [0.5, 0.6) is 0 Å². The lowest BCUT2D eigenvalue weighted by molar-refractivity contribution is -0.118. The Bertz CT molecular complexity index is 651. The minimum Gasteiger partial charge on any atom is -0.393 e. The topological polar surface area (TPSA) is 68.0 Å². The number of nitrogens with one attached hydrogen (secondary N) is 1. The van der Waals surface area contributed by atoms with Crippen molar-refractivity contribution in [3.8, 4) is 0 Å². The van der Waals surface area contributed by atoms with E-state index in [9.17, 15) is 4.79 Å². The molecule has 0 aliphatic rings. The van der Waals surface area contributed by atoms with Gasteiger partial charge in [0.1, 0.15) is 0 Å². The highest BCUT2D eigenvalue weighted by Crippen LogP contribution is 2.27. The van der Waals surface area contributed by atoms with Crippen LogP contribution in [-0.4, -0.2) is 15.9 Å². The Morgan fingerprint density at radius 1 is 1.55 bits per heavy atom. The molecule has 20 heavy (non-hydrogen) atoms. The zero-order valence-corrected chi connectivity index (χ0v) is 13.1. The van der Waals surface area contributed by atoms with E-state index in [0.717, 1.165) is 16.6 Å². The van der Waals surface area contributed by atoms with E-state index in [1.165, 1.54) is 16.9 Å². The standard InChI is InChI=1S/C14H17N3OS2/c1-3-4-9(12(15)19)13(18)17-14-16-10-6-5-8(2)7-11(10)20-14/h5-7,9H,3-4H2,1-2H3,(H2,15,19)(H,16,17,18). The monoisotopic (exact) mass is 307 g/mol. The summed E-state index contributed by atoms with van der Waals surface area (Å²) < 4.78 is 1.06. The second-order valence-corrected chi connectivity index (χ2v) is 6.23. The first-order valence-corrected chi connectivity index (χ1v) is 7.71. The molecule has 0 aliphatic heterocycles. The van der Waals surface area contributed by atoms with Crippen LogP contribution in [0.25, 0.3) is 10.2 Å². The first kappa shape index (κ1) is 14.9. The molecule has 1 unspecified atom stereocenters. The minimum atomic E-state index is -0.427. The maximum absolute atomic E-state index is 12.2. The Morgan fingerprint density at radius 3 is 2.95 bits per heavy atom. The maximum Gasteiger partial charge on any atom is 0.236 e. The highest BCUT2D eigenvalue weighted by atomic mass is 32.1. The number of carbonyl (C=O) groups is 1. The fourth-order valence-corrected chi connectivity index (χ4v) is 3.16. The number of aryl methyl sites for hydroxylation is 1. The zero-order chi connectivity index (χ0) is 14.7. The van der Waals surface area contributed by atoms with E-state index in [1.807, 2.05) is 26.0 Å². The van der Waals surface area contributed by atoms with Gasteiger partial charge in [-0.15, -0.1) is 0 Å². The number of thiocarbonyl (C=S) groups is 1. The van der Waals surface area contributed by atoms with Gasteiger partial charge < -0.3 is 11.1 Å². The fourth-order valence-electron chi connectivity index (χ4n) is 1.97. The molecule has 1 aromatic heterocycles. The normalized spacial score (nSPS) is 12.3. The molecule has 0 saturated carbocycles. The molecule has 1 amide bonds. The molecule has 0 radical (unpaired) electrons. The summed E-state index contributed by atoms with van der Waals surface area (Å²) in [5.74, 6) is -0.598. The Morgan fingerprint density at radius 2 is 2.30 bits per heavy atom. The predicted molar refractivity (Wildman–Crippen MR) is 88.2 cm³/mol. The van der Waals surface area contributed by atoms with Gasteiger partial charge in [-0.25, -0.2) is 4.98 Å². The van der Waals surface area contributed by atoms with E-state index in [2.05, 4.69) is 16.4 Å². The molecule has 4 nitrogen and oxygen atoms in total. The van der Waals surface area contributed by atoms with Crippen molar-refractivity contribution in [2.45, 2.75) is 26.7 Å². The molecule has 1 heterocycles. The first-order chi connectivity index (χ1) is 9.51. The SMILES string of the molecule is CCCC(C(=O)Nc1nc2ccc(C)cc2s1)C(N)=S. The van der Waals surface area contributed by atoms with Crippen LogP contribution in [0.3, 0.4) is 0 Å². The van der Waals surface area contributed by atoms with Crippen molar-refractivity contribution in [3.63, 3.8) is 0 Å². The summed E-state index contributed by atoms with van der Waals surface area (Å²) in [5, 5.41) is 3.41. The maximum atomic E-state index is 12.2. The summed E-state index contributed by atoms with van der Waals surface area (Å²) in [4.78, 5) is 16.8. The van der Waals surface area contributed by atoms with E-state index < -0.39 is 5.92 Å². The van der Waals surface area contributed by atoms with Gasteiger partial charge in [0.2, 0.25) is 5.91 Å². The number of amides is 1. The molecule has 0 bridgehead atoms. The molecule has 0 fully saturated rings. The highest BCUT2D eigenvalue weighted by molar-refractivity contribution is 7.80. The van der Waals surface area contributed by atoms with Crippen LogP contribution in [0.4, 0.5) is 5.13 Å². The van der Waals surface area contributed by atoms with E-state index in [0.29, 0.717) is 11.6 Å². The van der Waals surface area contributed by atoms with Crippen LogP contribution < -0.4 is 11.1 Å². The van der Waals surface area contributed by atoms with Crippen molar-refractivity contribution in [1.29, 1.82) is 0 Å². The Hall–Kier alpha value is -1.53. The van der Waals surface area contributed by atoms with Crippen LogP contribution in [0.2, 0.25) is 0 Å². The van der Waals surface area contributed by atoms with Gasteiger partial charge in [-0.1, -0.05) is 43.0 Å². The van der Waals surface area contributed by atoms with Crippen LogP contribution in [0, 0.1) is 12.8 Å². The molecular weight excluding hydrogens is 290 g/mol. The van der Waals surface area contributed by atoms with Gasteiger partial charge in [0.15, 0.2) is 5.13 Å². The van der Waals surface area contributed by atoms with Gasteiger partial charge in [-0.05, 0) is 31.0 Å². The third-order valence-corrected chi connectivity index (χ3v) is 4.23. The van der Waals surface area contributed by atoms with Crippen molar-refractivity contribution in [1.82, 2.24) is 4.98 Å². The van der Waals surface area contributed by atoms with Gasteiger partial charge in [0.05, 0.1) is 21.1 Å². The van der Waals surface area contributed by atoms with Crippen molar-refractivity contribution in [2.24, 2.45) is 11.7 Å². The predicted octanol–water partition coefficient (Wildman–Crippen LogP) is 3.25. The number of hydrogen-bond donors (Lipinski definition) is 2. The summed E-state index contributed by atoms with van der Waals surface area (Å²) in [6, 6.07) is 6.01. The van der Waals surface area contributed by atoms with E-state index in [4.69, 9.17) is 18.0 Å². The van der Waals surface area contributed by atoms with Crippen molar-refractivity contribution >= 4 is 49.8 Å². The lowest BCUT2D eigenvalue weighted by atomic mass is 10.0. The van der Waals surface area contributed by atoms with Crippen molar-refractivity contribution in [3.05, 3.63) is 23.8 Å². The molecule has 1 aromatic carbocycles. The lowest BCUT2D eigenvalue weighted by Gasteiger charge is -2.12. The van der Waals surface area contributed by atoms with Crippen LogP contribution in [0.1, 0.15) is 25.3 Å². The third kappa shape index (κ3) is 3.32. The average molecular weight is 307 g/mol. The van der Waals surface area contributed by atoms with E-state index in [-0.39, 0.29) is 10.9 Å². The Labute approximate surface area is 127 Å². The van der Waals surface area contributed by atoms with Crippen molar-refractivity contribution < 1.29 is 4.79 Å². The van der Waals surface area contributed by atoms with Crippen LogP contribution in [-0.2, 0) is 4.79 Å². The van der Waals surface area contributed by atoms with Gasteiger partial charge in [-0.3, -0.25) is 4.79 Å². The minimum absolute atomic E-state index is 0.171. The summed E-state index contributed by atoms with van der Waals surface area (Å²) in [7, 11) is 0. The molecular formula is C14H17N3OS2. The Balaban J connectivity index is 2.18. The molecule has 0 spiro atoms. The van der Waals surface area contributed by atoms with E-state index in [1.54, 1.807) is 0 Å². The number of nitrogens with two attached hydrogens (primary N) is 1. The quantitative estimate of drug-likeness (QED) is 0.832. The smallest absolute Gasteiger partial charge is 0.236 e. The zero-order valence-electron chi connectivity index (χ0n) is 11.5. The van der Waals surface area contributed by atoms with Crippen molar-refractivity contribution in [2.75, 3.05) is 5.32 Å². The molecule has 2 aromatic rings. The molecule has 1 atom stereocenters. The number of rotatable bonds is 5. The van der Waals surface area contributed by atoms with Crippen LogP contribution in [0.15, 0.2) is 18.2 Å². The number of nitrogens with zero attached hydrogens (tertiary/aromatic N) is 1. The molecule has 2 rings (SSSR count). The Kier molecular flexibility index (Phi) is 4.67. The summed E-state index contributed by atoms with van der Waals surface area (Å²) >= 11 is 6.42. The largest absolute Gasteiger partial charge is 0.393 e. The second kappa shape index (κ2) is 6.28. The average Bonchev–Trinajstić information content (AvgIpc) is 2.76. The number of aromatic nitrogens is 1. The number of thiazole rings is 1. The molecule has 0 saturated heterocycles. The number of carbonyl (C=O) groups excluding carboxylic acids is 1. The summed E-state index contributed by atoms with van der Waals surface area (Å²) in [6.45, 7) is 4.03. The third-order valence-electron chi connectivity index (χ3n) is 3.01. The lowest BCUT2D eigenvalue weighted by Crippen LogP contribution is -2.33. The summed E-state index contributed by atoms with van der Waals surface area (Å²) in [5.41, 5.74) is 7.69. The van der Waals surface area contributed by atoms with Gasteiger partial charge in [-0.2, -0.15) is 0 Å². The number of anilines is 1. The number of hydrogen-bond acceptors (Lipinski definition) is 4. The second-order valence-electron chi connectivity index (χ2n) is 4.72. The molecule has 6 heteroatoms. The molecule has 0 aliphatic carbocycles. The van der Waals surface area contributed by atoms with Gasteiger partial charge >= 0.3 is 0 Å².